The molecule has 25 heavy (non-hydrogen) atoms. The van der Waals surface area contributed by atoms with Crippen LogP contribution >= 0.6 is 0 Å². The molecule has 0 fully saturated rings. The van der Waals surface area contributed by atoms with E-state index in [1.54, 1.807) is 6.20 Å². The summed E-state index contributed by atoms with van der Waals surface area (Å²) in [5.74, 6) is 0.915. The van der Waals surface area contributed by atoms with Crippen LogP contribution < -0.4 is 11.5 Å². The van der Waals surface area contributed by atoms with E-state index in [-0.39, 0.29) is 6.61 Å². The molecule has 0 aliphatic heterocycles. The Labute approximate surface area is 144 Å². The number of aliphatic hydroxyl groups is 1. The molecular weight excluding hydrogens is 314 g/mol. The van der Waals surface area contributed by atoms with Gasteiger partial charge in [-0.2, -0.15) is 5.10 Å². The Hall–Kier alpha value is -3.38. The highest BCUT2D eigenvalue weighted by molar-refractivity contribution is 6.02. The Kier molecular flexibility index (Phi) is 3.59. The number of nitrogen functional groups attached to an aromatic ring is 2. The van der Waals surface area contributed by atoms with Gasteiger partial charge in [0.2, 0.25) is 0 Å². The highest BCUT2D eigenvalue weighted by atomic mass is 16.3. The standard InChI is InChI=1S/C19H17N5O/c20-17-9-13(5-6-22-17)14-7-15(12-3-1-11(10-25)2-4-12)18-16(8-14)19(21)24-23-18/h1-9,25H,10H2,(H2,20,22)(H3,21,23,24). The van der Waals surface area contributed by atoms with E-state index in [0.717, 1.165) is 38.7 Å². The van der Waals surface area contributed by atoms with Crippen LogP contribution in [0.15, 0.2) is 54.7 Å². The molecule has 0 bridgehead atoms. The maximum absolute atomic E-state index is 9.24. The van der Waals surface area contributed by atoms with E-state index in [9.17, 15) is 5.11 Å². The fourth-order valence-corrected chi connectivity index (χ4v) is 2.95. The van der Waals surface area contributed by atoms with E-state index in [1.807, 2.05) is 42.5 Å². The summed E-state index contributed by atoms with van der Waals surface area (Å²) >= 11 is 0. The zero-order valence-electron chi connectivity index (χ0n) is 13.4. The number of pyridine rings is 1. The molecule has 0 unspecified atom stereocenters. The van der Waals surface area contributed by atoms with Gasteiger partial charge in [0.05, 0.1) is 12.1 Å². The Morgan fingerprint density at radius 2 is 1.72 bits per heavy atom. The smallest absolute Gasteiger partial charge is 0.153 e. The van der Waals surface area contributed by atoms with Crippen molar-refractivity contribution in [3.05, 3.63) is 60.3 Å². The van der Waals surface area contributed by atoms with Crippen LogP contribution in [0.25, 0.3) is 33.2 Å². The van der Waals surface area contributed by atoms with Gasteiger partial charge in [-0.05, 0) is 46.5 Å². The van der Waals surface area contributed by atoms with Crippen molar-refractivity contribution >= 4 is 22.5 Å². The number of anilines is 2. The molecule has 0 atom stereocenters. The number of aromatic amines is 1. The maximum atomic E-state index is 9.24. The predicted octanol–water partition coefficient (Wildman–Crippen LogP) is 2.95. The zero-order valence-corrected chi connectivity index (χ0v) is 13.4. The summed E-state index contributed by atoms with van der Waals surface area (Å²) in [6.45, 7) is 0.0169. The van der Waals surface area contributed by atoms with Gasteiger partial charge in [-0.3, -0.25) is 5.10 Å². The van der Waals surface area contributed by atoms with E-state index < -0.39 is 0 Å². The molecule has 0 aliphatic rings. The van der Waals surface area contributed by atoms with Crippen LogP contribution in [0.1, 0.15) is 5.56 Å². The summed E-state index contributed by atoms with van der Waals surface area (Å²) < 4.78 is 0. The number of nitrogens with zero attached hydrogens (tertiary/aromatic N) is 2. The third kappa shape index (κ3) is 2.68. The van der Waals surface area contributed by atoms with E-state index in [2.05, 4.69) is 21.2 Å². The first-order valence-electron chi connectivity index (χ1n) is 7.85. The van der Waals surface area contributed by atoms with Crippen molar-refractivity contribution in [3.63, 3.8) is 0 Å². The molecule has 0 amide bonds. The third-order valence-corrected chi connectivity index (χ3v) is 4.26. The molecule has 124 valence electrons. The molecule has 0 saturated heterocycles. The highest BCUT2D eigenvalue weighted by Crippen LogP contribution is 2.35. The quantitative estimate of drug-likeness (QED) is 0.461. The second kappa shape index (κ2) is 5.92. The molecule has 0 aliphatic carbocycles. The van der Waals surface area contributed by atoms with Gasteiger partial charge in [0.25, 0.3) is 0 Å². The molecule has 2 heterocycles. The second-order valence-corrected chi connectivity index (χ2v) is 5.88. The number of H-pyrrole nitrogens is 1. The number of rotatable bonds is 3. The average Bonchev–Trinajstić information content (AvgIpc) is 3.02. The second-order valence-electron chi connectivity index (χ2n) is 5.88. The zero-order chi connectivity index (χ0) is 17.4. The third-order valence-electron chi connectivity index (χ3n) is 4.26. The van der Waals surface area contributed by atoms with Crippen molar-refractivity contribution in [2.45, 2.75) is 6.61 Å². The van der Waals surface area contributed by atoms with E-state index in [1.165, 1.54) is 0 Å². The molecule has 6 heteroatoms. The van der Waals surface area contributed by atoms with Gasteiger partial charge in [0.1, 0.15) is 5.82 Å². The number of nitrogens with one attached hydrogen (secondary N) is 1. The summed E-state index contributed by atoms with van der Waals surface area (Å²) in [4.78, 5) is 4.05. The van der Waals surface area contributed by atoms with Gasteiger partial charge < -0.3 is 16.6 Å². The summed E-state index contributed by atoms with van der Waals surface area (Å²) in [5, 5.41) is 17.3. The summed E-state index contributed by atoms with van der Waals surface area (Å²) in [7, 11) is 0. The lowest BCUT2D eigenvalue weighted by molar-refractivity contribution is 0.282. The fraction of sp³-hybridized carbons (Fsp3) is 0.0526. The molecule has 2 aromatic carbocycles. The van der Waals surface area contributed by atoms with E-state index >= 15 is 0 Å². The molecule has 6 N–H and O–H groups in total. The number of nitrogens with two attached hydrogens (primary N) is 2. The molecular formula is C19H17N5O. The Morgan fingerprint density at radius 1 is 0.920 bits per heavy atom. The molecule has 4 aromatic rings. The number of benzene rings is 2. The average molecular weight is 331 g/mol. The van der Waals surface area contributed by atoms with Crippen molar-refractivity contribution in [2.24, 2.45) is 0 Å². The fourth-order valence-electron chi connectivity index (χ4n) is 2.95. The van der Waals surface area contributed by atoms with Gasteiger partial charge in [-0.15, -0.1) is 0 Å². The van der Waals surface area contributed by atoms with Gasteiger partial charge >= 0.3 is 0 Å². The summed E-state index contributed by atoms with van der Waals surface area (Å²) in [5.41, 5.74) is 17.5. The number of aliphatic hydroxyl groups excluding tert-OH is 1. The molecule has 0 radical (unpaired) electrons. The van der Waals surface area contributed by atoms with Crippen molar-refractivity contribution in [2.75, 3.05) is 11.5 Å². The van der Waals surface area contributed by atoms with E-state index in [0.29, 0.717) is 11.6 Å². The first-order valence-corrected chi connectivity index (χ1v) is 7.85. The molecule has 0 saturated carbocycles. The largest absolute Gasteiger partial charge is 0.392 e. The van der Waals surface area contributed by atoms with Crippen molar-refractivity contribution in [1.82, 2.24) is 15.2 Å². The lowest BCUT2D eigenvalue weighted by Gasteiger charge is -2.09. The topological polar surface area (TPSA) is 114 Å². The van der Waals surface area contributed by atoms with Crippen LogP contribution in [0.3, 0.4) is 0 Å². The SMILES string of the molecule is Nc1cc(-c2cc(-c3ccc(CO)cc3)c3[nH]nc(N)c3c2)ccn1. The van der Waals surface area contributed by atoms with Crippen LogP contribution in [0, 0.1) is 0 Å². The minimum Gasteiger partial charge on any atom is -0.392 e. The molecule has 2 aromatic heterocycles. The lowest BCUT2D eigenvalue weighted by Crippen LogP contribution is -1.91. The number of aromatic nitrogens is 3. The minimum atomic E-state index is 0.0169. The molecule has 4 rings (SSSR count). The predicted molar refractivity (Wildman–Crippen MR) is 99.5 cm³/mol. The Bertz CT molecular complexity index is 1050. The summed E-state index contributed by atoms with van der Waals surface area (Å²) in [6, 6.07) is 15.6. The Morgan fingerprint density at radius 3 is 2.44 bits per heavy atom. The normalized spacial score (nSPS) is 11.1. The monoisotopic (exact) mass is 331 g/mol. The van der Waals surface area contributed by atoms with Crippen LogP contribution in [-0.2, 0) is 6.61 Å². The summed E-state index contributed by atoms with van der Waals surface area (Å²) in [6.07, 6.45) is 1.68. The van der Waals surface area contributed by atoms with Crippen LogP contribution in [0.2, 0.25) is 0 Å². The number of fused-ring (bicyclic) bond motifs is 1. The van der Waals surface area contributed by atoms with Crippen LogP contribution in [0.4, 0.5) is 11.6 Å². The van der Waals surface area contributed by atoms with Crippen LogP contribution in [-0.4, -0.2) is 20.3 Å². The van der Waals surface area contributed by atoms with Gasteiger partial charge in [-0.1, -0.05) is 24.3 Å². The number of hydrogen-bond donors (Lipinski definition) is 4. The highest BCUT2D eigenvalue weighted by Gasteiger charge is 2.13. The van der Waals surface area contributed by atoms with Gasteiger partial charge in [0.15, 0.2) is 5.82 Å². The van der Waals surface area contributed by atoms with Gasteiger partial charge in [0, 0.05) is 17.1 Å². The lowest BCUT2D eigenvalue weighted by atomic mass is 9.96. The maximum Gasteiger partial charge on any atom is 0.153 e. The van der Waals surface area contributed by atoms with Gasteiger partial charge in [-0.25, -0.2) is 4.98 Å². The van der Waals surface area contributed by atoms with Crippen molar-refractivity contribution < 1.29 is 5.11 Å². The van der Waals surface area contributed by atoms with Crippen molar-refractivity contribution in [3.8, 4) is 22.3 Å². The Balaban J connectivity index is 1.96. The van der Waals surface area contributed by atoms with E-state index in [4.69, 9.17) is 11.5 Å². The first-order chi connectivity index (χ1) is 12.2. The minimum absolute atomic E-state index is 0.0169. The first kappa shape index (κ1) is 15.2. The number of hydrogen-bond acceptors (Lipinski definition) is 5. The van der Waals surface area contributed by atoms with Crippen LogP contribution in [0.5, 0.6) is 0 Å². The molecule has 6 nitrogen and oxygen atoms in total. The molecule has 0 spiro atoms. The van der Waals surface area contributed by atoms with Crippen molar-refractivity contribution in [1.29, 1.82) is 0 Å².